The van der Waals surface area contributed by atoms with Crippen LogP contribution in [0.15, 0.2) is 121 Å². The predicted molar refractivity (Wildman–Crippen MR) is 222 cm³/mol. The van der Waals surface area contributed by atoms with E-state index in [1.54, 1.807) is 0 Å². The van der Waals surface area contributed by atoms with E-state index >= 15 is 0 Å². The molecule has 8 rings (SSSR count). The second-order valence-corrected chi connectivity index (χ2v) is 15.4. The van der Waals surface area contributed by atoms with E-state index in [1.807, 2.05) is 41.3 Å². The first-order valence-electron chi connectivity index (χ1n) is 20.1. The molecule has 4 aliphatic rings. The van der Waals surface area contributed by atoms with E-state index in [9.17, 15) is 9.59 Å². The largest absolute Gasteiger partial charge is 0.382 e. The van der Waals surface area contributed by atoms with Crippen LogP contribution in [-0.4, -0.2) is 85.6 Å². The summed E-state index contributed by atoms with van der Waals surface area (Å²) in [5.41, 5.74) is 4.84. The van der Waals surface area contributed by atoms with E-state index in [0.29, 0.717) is 6.54 Å². The van der Waals surface area contributed by atoms with Crippen LogP contribution in [0, 0.1) is 11.8 Å². The highest BCUT2D eigenvalue weighted by molar-refractivity contribution is 6.64. The SMILES string of the molecule is O=C(C1CC1)N(CC1CN(Cc2ccccc2)CCCO1)c1ccccc1.O=C(Cl)C1CC1.c1ccc(CN2CCCOC(CNc3ccccc3)C2)cc1. The van der Waals surface area contributed by atoms with Crippen LogP contribution in [0.5, 0.6) is 0 Å². The highest BCUT2D eigenvalue weighted by Gasteiger charge is 2.35. The Kier molecular flexibility index (Phi) is 16.2. The Hall–Kier alpha value is -4.05. The Morgan fingerprint density at radius 2 is 1.11 bits per heavy atom. The lowest BCUT2D eigenvalue weighted by Crippen LogP contribution is -2.43. The summed E-state index contributed by atoms with van der Waals surface area (Å²) in [7, 11) is 0. The maximum atomic E-state index is 12.9. The molecule has 0 spiro atoms. The zero-order chi connectivity index (χ0) is 38.1. The summed E-state index contributed by atoms with van der Waals surface area (Å²) >= 11 is 5.04. The molecule has 8 nitrogen and oxygen atoms in total. The first-order valence-corrected chi connectivity index (χ1v) is 20.5. The molecule has 4 fully saturated rings. The van der Waals surface area contributed by atoms with Gasteiger partial charge in [0.05, 0.1) is 18.8 Å². The van der Waals surface area contributed by atoms with Crippen molar-refractivity contribution in [3.05, 3.63) is 132 Å². The molecule has 2 saturated heterocycles. The van der Waals surface area contributed by atoms with E-state index in [1.165, 1.54) is 11.1 Å². The van der Waals surface area contributed by atoms with Gasteiger partial charge in [-0.05, 0) is 85.5 Å². The number of halogens is 1. The Morgan fingerprint density at radius 3 is 1.60 bits per heavy atom. The molecule has 2 saturated carbocycles. The fraction of sp³-hybridized carbons (Fsp3) is 0.435. The number of benzene rings is 4. The molecule has 0 bridgehead atoms. The van der Waals surface area contributed by atoms with Crippen molar-refractivity contribution in [1.29, 1.82) is 0 Å². The Balaban J connectivity index is 0.000000165. The van der Waals surface area contributed by atoms with Gasteiger partial charge < -0.3 is 19.7 Å². The van der Waals surface area contributed by atoms with Crippen molar-refractivity contribution < 1.29 is 19.1 Å². The Bertz CT molecular complexity index is 1690. The lowest BCUT2D eigenvalue weighted by molar-refractivity contribution is -0.120. The van der Waals surface area contributed by atoms with Gasteiger partial charge in [-0.2, -0.15) is 0 Å². The lowest BCUT2D eigenvalue weighted by atomic mass is 10.2. The number of nitrogens with zero attached hydrogens (tertiary/aromatic N) is 3. The van der Waals surface area contributed by atoms with Crippen molar-refractivity contribution >= 4 is 34.1 Å². The average molecular weight is 765 g/mol. The zero-order valence-corrected chi connectivity index (χ0v) is 32.8. The quantitative estimate of drug-likeness (QED) is 0.146. The molecular formula is C46H57ClN4O4. The molecule has 0 aromatic heterocycles. The van der Waals surface area contributed by atoms with Crippen LogP contribution in [0.3, 0.4) is 0 Å². The summed E-state index contributed by atoms with van der Waals surface area (Å²) in [6.07, 6.45) is 6.50. The number of anilines is 2. The summed E-state index contributed by atoms with van der Waals surface area (Å²) in [6, 6.07) is 41.6. The minimum absolute atomic E-state index is 0.0409. The summed E-state index contributed by atoms with van der Waals surface area (Å²) in [5, 5.41) is 3.32. The molecule has 2 aliphatic carbocycles. The number of amides is 1. The molecule has 55 heavy (non-hydrogen) atoms. The minimum atomic E-state index is -0.157. The first kappa shape index (κ1) is 40.6. The number of rotatable bonds is 12. The number of para-hydroxylation sites is 2. The van der Waals surface area contributed by atoms with Gasteiger partial charge in [0.2, 0.25) is 11.1 Å². The minimum Gasteiger partial charge on any atom is -0.382 e. The maximum absolute atomic E-state index is 12.9. The molecule has 1 amide bonds. The van der Waals surface area contributed by atoms with Gasteiger partial charge in [0.15, 0.2) is 0 Å². The normalized spacial score (nSPS) is 20.3. The number of carbonyl (C=O) groups is 2. The molecule has 9 heteroatoms. The van der Waals surface area contributed by atoms with Crippen LogP contribution in [0.4, 0.5) is 11.4 Å². The summed E-state index contributed by atoms with van der Waals surface area (Å²) in [4.78, 5) is 29.8. The van der Waals surface area contributed by atoms with Crippen LogP contribution < -0.4 is 10.2 Å². The summed E-state index contributed by atoms with van der Waals surface area (Å²) < 4.78 is 12.1. The topological polar surface area (TPSA) is 74.4 Å². The first-order chi connectivity index (χ1) is 27.0. The monoisotopic (exact) mass is 764 g/mol. The fourth-order valence-corrected chi connectivity index (χ4v) is 7.15. The fourth-order valence-electron chi connectivity index (χ4n) is 6.93. The van der Waals surface area contributed by atoms with Crippen LogP contribution in [0.1, 0.15) is 49.7 Å². The number of carbonyl (C=O) groups excluding carboxylic acids is 2. The van der Waals surface area contributed by atoms with Gasteiger partial charge in [-0.3, -0.25) is 19.4 Å². The predicted octanol–water partition coefficient (Wildman–Crippen LogP) is 8.27. The van der Waals surface area contributed by atoms with Crippen molar-refractivity contribution in [2.45, 2.75) is 63.8 Å². The third-order valence-corrected chi connectivity index (χ3v) is 10.5. The number of ether oxygens (including phenoxy) is 2. The van der Waals surface area contributed by atoms with Crippen LogP contribution in [0.2, 0.25) is 0 Å². The Morgan fingerprint density at radius 1 is 0.636 bits per heavy atom. The Labute approximate surface area is 332 Å². The van der Waals surface area contributed by atoms with Gasteiger partial charge in [0.25, 0.3) is 0 Å². The maximum Gasteiger partial charge on any atom is 0.230 e. The van der Waals surface area contributed by atoms with Crippen LogP contribution >= 0.6 is 11.6 Å². The van der Waals surface area contributed by atoms with E-state index in [4.69, 9.17) is 21.1 Å². The van der Waals surface area contributed by atoms with Crippen molar-refractivity contribution in [2.24, 2.45) is 11.8 Å². The second-order valence-electron chi connectivity index (χ2n) is 15.0. The molecule has 4 aromatic carbocycles. The number of nitrogens with one attached hydrogen (secondary N) is 1. The van der Waals surface area contributed by atoms with Gasteiger partial charge in [-0.15, -0.1) is 0 Å². The molecular weight excluding hydrogens is 708 g/mol. The van der Waals surface area contributed by atoms with E-state index < -0.39 is 0 Å². The van der Waals surface area contributed by atoms with E-state index in [-0.39, 0.29) is 35.2 Å². The van der Waals surface area contributed by atoms with Crippen molar-refractivity contribution in [2.75, 3.05) is 62.7 Å². The van der Waals surface area contributed by atoms with Crippen molar-refractivity contribution in [1.82, 2.24) is 9.80 Å². The average Bonchev–Trinajstić information content (AvgIpc) is 4.11. The van der Waals surface area contributed by atoms with Gasteiger partial charge >= 0.3 is 0 Å². The molecule has 1 N–H and O–H groups in total. The second kappa shape index (κ2) is 21.9. The molecule has 2 unspecified atom stereocenters. The molecule has 0 radical (unpaired) electrons. The molecule has 2 atom stereocenters. The number of hydrogen-bond acceptors (Lipinski definition) is 7. The van der Waals surface area contributed by atoms with E-state index in [2.05, 4.69) is 100 Å². The smallest absolute Gasteiger partial charge is 0.230 e. The van der Waals surface area contributed by atoms with Gasteiger partial charge in [-0.1, -0.05) is 97.1 Å². The summed E-state index contributed by atoms with van der Waals surface area (Å²) in [6.45, 7) is 9.02. The van der Waals surface area contributed by atoms with Gasteiger partial charge in [-0.25, -0.2) is 0 Å². The van der Waals surface area contributed by atoms with Crippen molar-refractivity contribution in [3.8, 4) is 0 Å². The third kappa shape index (κ3) is 14.5. The zero-order valence-electron chi connectivity index (χ0n) is 32.0. The highest BCUT2D eigenvalue weighted by atomic mass is 35.5. The van der Waals surface area contributed by atoms with Crippen LogP contribution in [0.25, 0.3) is 0 Å². The van der Waals surface area contributed by atoms with Gasteiger partial charge in [0, 0.05) is 82.2 Å². The molecule has 292 valence electrons. The molecule has 2 heterocycles. The summed E-state index contributed by atoms with van der Waals surface area (Å²) in [5.74, 6) is 0.687. The van der Waals surface area contributed by atoms with E-state index in [0.717, 1.165) is 109 Å². The van der Waals surface area contributed by atoms with Crippen LogP contribution in [-0.2, 0) is 32.2 Å². The third-order valence-electron chi connectivity index (χ3n) is 10.2. The van der Waals surface area contributed by atoms with Crippen molar-refractivity contribution in [3.63, 3.8) is 0 Å². The molecule has 4 aromatic rings. The van der Waals surface area contributed by atoms with Gasteiger partial charge in [0.1, 0.15) is 0 Å². The number of hydrogen-bond donors (Lipinski definition) is 1. The molecule has 2 aliphatic heterocycles. The standard InChI is InChI=1S/C23H28N2O2.C19H24N2O.C4H5ClO/c26-23(20-12-13-20)25(21-10-5-2-6-11-21)18-22-17-24(14-7-15-27-22)16-19-8-3-1-4-9-19;1-3-8-17(9-4-1)15-21-12-7-13-22-19(16-21)14-20-18-10-5-2-6-11-18;5-4(6)3-1-2-3/h1-6,8-11,20,22H,7,12-18H2;1-6,8-11,19-20H,7,12-16H2;3H,1-2H2. The highest BCUT2D eigenvalue weighted by Crippen LogP contribution is 2.33. The lowest BCUT2D eigenvalue weighted by Gasteiger charge is -2.30.